The third kappa shape index (κ3) is 4.25. The molecule has 1 rings (SSSR count). The number of hydrogen-bond donors (Lipinski definition) is 2. The van der Waals surface area contributed by atoms with Crippen molar-refractivity contribution < 1.29 is 22.7 Å². The molecule has 0 aromatic heterocycles. The van der Waals surface area contributed by atoms with Gasteiger partial charge in [-0.15, -0.1) is 0 Å². The summed E-state index contributed by atoms with van der Waals surface area (Å²) in [6.45, 7) is -0.116. The molecule has 0 saturated heterocycles. The number of nitrogens with one attached hydrogen (secondary N) is 1. The predicted molar refractivity (Wildman–Crippen MR) is 68.8 cm³/mol. The van der Waals surface area contributed by atoms with Crippen LogP contribution in [0, 0.1) is 17.1 Å². The van der Waals surface area contributed by atoms with Gasteiger partial charge in [-0.2, -0.15) is 5.26 Å². The highest BCUT2D eigenvalue weighted by Gasteiger charge is 2.21. The van der Waals surface area contributed by atoms with Gasteiger partial charge in [-0.3, -0.25) is 0 Å². The van der Waals surface area contributed by atoms with E-state index in [1.807, 2.05) is 0 Å². The Hall–Kier alpha value is -1.53. The van der Waals surface area contributed by atoms with E-state index in [1.165, 1.54) is 7.11 Å². The van der Waals surface area contributed by atoms with E-state index < -0.39 is 21.9 Å². The molecule has 6 nitrogen and oxygen atoms in total. The summed E-state index contributed by atoms with van der Waals surface area (Å²) in [5.41, 5.74) is -0.349. The third-order valence-electron chi connectivity index (χ3n) is 2.54. The van der Waals surface area contributed by atoms with Crippen LogP contribution in [0.15, 0.2) is 23.1 Å². The van der Waals surface area contributed by atoms with E-state index in [2.05, 4.69) is 4.72 Å². The highest BCUT2D eigenvalue weighted by atomic mass is 32.2. The summed E-state index contributed by atoms with van der Waals surface area (Å²) in [7, 11) is -2.51. The molecule has 0 fully saturated rings. The van der Waals surface area contributed by atoms with Crippen LogP contribution in [0.4, 0.5) is 4.39 Å². The summed E-state index contributed by atoms with van der Waals surface area (Å²) in [4.78, 5) is -0.213. The van der Waals surface area contributed by atoms with E-state index in [9.17, 15) is 12.8 Å². The van der Waals surface area contributed by atoms with E-state index in [0.29, 0.717) is 0 Å². The smallest absolute Gasteiger partial charge is 0.240 e. The molecule has 8 heteroatoms. The molecule has 0 saturated carbocycles. The van der Waals surface area contributed by atoms with Crippen LogP contribution in [0.2, 0.25) is 0 Å². The van der Waals surface area contributed by atoms with Crippen LogP contribution in [0.3, 0.4) is 0 Å². The van der Waals surface area contributed by atoms with Crippen LogP contribution >= 0.6 is 0 Å². The van der Waals surface area contributed by atoms with Crippen LogP contribution in [-0.4, -0.2) is 39.9 Å². The molecule has 0 bridgehead atoms. The average Bonchev–Trinajstić information content (AvgIpc) is 2.39. The summed E-state index contributed by atoms with van der Waals surface area (Å²) in [5.74, 6) is -0.782. The fraction of sp³-hybridized carbons (Fsp3) is 0.417. The van der Waals surface area contributed by atoms with Crippen molar-refractivity contribution in [2.24, 2.45) is 0 Å². The van der Waals surface area contributed by atoms with Gasteiger partial charge in [-0.25, -0.2) is 17.5 Å². The van der Waals surface area contributed by atoms with E-state index in [-0.39, 0.29) is 30.1 Å². The molecule has 0 aliphatic rings. The van der Waals surface area contributed by atoms with Gasteiger partial charge in [0.2, 0.25) is 10.0 Å². The molecule has 0 radical (unpaired) electrons. The molecule has 0 aliphatic carbocycles. The van der Waals surface area contributed by atoms with Gasteiger partial charge in [0.15, 0.2) is 0 Å². The maximum atomic E-state index is 13.2. The van der Waals surface area contributed by atoms with Crippen molar-refractivity contribution >= 4 is 10.0 Å². The Kier molecular flexibility index (Phi) is 6.04. The molecule has 1 aromatic carbocycles. The second-order valence-electron chi connectivity index (χ2n) is 4.04. The van der Waals surface area contributed by atoms with Crippen LogP contribution in [0.25, 0.3) is 0 Å². The largest absolute Gasteiger partial charge is 0.396 e. The summed E-state index contributed by atoms with van der Waals surface area (Å²) in [5, 5.41) is 17.6. The van der Waals surface area contributed by atoms with Crippen LogP contribution in [0.5, 0.6) is 0 Å². The number of hydrogen-bond acceptors (Lipinski definition) is 5. The number of sulfonamides is 1. The van der Waals surface area contributed by atoms with E-state index in [1.54, 1.807) is 6.07 Å². The van der Waals surface area contributed by atoms with Crippen LogP contribution in [-0.2, 0) is 14.8 Å². The van der Waals surface area contributed by atoms with Crippen molar-refractivity contribution in [3.05, 3.63) is 29.6 Å². The third-order valence-corrected chi connectivity index (χ3v) is 4.05. The van der Waals surface area contributed by atoms with E-state index in [4.69, 9.17) is 15.1 Å². The Labute approximate surface area is 116 Å². The molecule has 1 atom stereocenters. The first-order valence-corrected chi connectivity index (χ1v) is 7.24. The van der Waals surface area contributed by atoms with Gasteiger partial charge in [0.1, 0.15) is 11.9 Å². The first-order valence-electron chi connectivity index (χ1n) is 5.76. The summed E-state index contributed by atoms with van der Waals surface area (Å²) in [6.07, 6.45) is 0.180. The predicted octanol–water partition coefficient (Wildman–Crippen LogP) is 0.373. The number of halogens is 1. The number of nitrogens with zero attached hydrogens (tertiary/aromatic N) is 1. The fourth-order valence-electron chi connectivity index (χ4n) is 1.58. The van der Waals surface area contributed by atoms with Gasteiger partial charge in [0.25, 0.3) is 0 Å². The summed E-state index contributed by atoms with van der Waals surface area (Å²) in [6, 6.07) is 3.92. The molecular weight excluding hydrogens is 287 g/mol. The molecule has 0 spiro atoms. The minimum atomic E-state index is -3.91. The van der Waals surface area contributed by atoms with E-state index in [0.717, 1.165) is 18.2 Å². The number of aliphatic hydroxyl groups excluding tert-OH is 1. The number of nitriles is 1. The minimum absolute atomic E-state index is 0.0894. The lowest BCUT2D eigenvalue weighted by molar-refractivity contribution is 0.158. The molecule has 2 N–H and O–H groups in total. The second-order valence-corrected chi connectivity index (χ2v) is 5.75. The Morgan fingerprint density at radius 3 is 2.80 bits per heavy atom. The van der Waals surface area contributed by atoms with Crippen molar-refractivity contribution in [2.45, 2.75) is 17.4 Å². The number of rotatable bonds is 7. The molecule has 20 heavy (non-hydrogen) atoms. The lowest BCUT2D eigenvalue weighted by atomic mass is 10.2. The number of aliphatic hydroxyl groups is 1. The van der Waals surface area contributed by atoms with Gasteiger partial charge >= 0.3 is 0 Å². The van der Waals surface area contributed by atoms with E-state index >= 15 is 0 Å². The van der Waals surface area contributed by atoms with Gasteiger partial charge in [0.05, 0.1) is 17.1 Å². The monoisotopic (exact) mass is 302 g/mol. The fourth-order valence-corrected chi connectivity index (χ4v) is 2.86. The quantitative estimate of drug-likeness (QED) is 0.758. The molecular formula is C12H15FN2O4S. The van der Waals surface area contributed by atoms with Crippen molar-refractivity contribution in [3.63, 3.8) is 0 Å². The maximum absolute atomic E-state index is 13.2. The Balaban J connectivity index is 3.01. The topological polar surface area (TPSA) is 99.4 Å². The SMILES string of the molecule is COCC(CCO)NS(=O)(=O)c1ccc(F)c(C#N)c1. The lowest BCUT2D eigenvalue weighted by Crippen LogP contribution is -2.38. The molecule has 0 amide bonds. The lowest BCUT2D eigenvalue weighted by Gasteiger charge is -2.17. The van der Waals surface area contributed by atoms with Crippen molar-refractivity contribution in [3.8, 4) is 6.07 Å². The van der Waals surface area contributed by atoms with Crippen molar-refractivity contribution in [1.82, 2.24) is 4.72 Å². The van der Waals surface area contributed by atoms with Crippen molar-refractivity contribution in [1.29, 1.82) is 5.26 Å². The Bertz CT molecular complexity index is 592. The summed E-state index contributed by atoms with van der Waals surface area (Å²) >= 11 is 0. The van der Waals surface area contributed by atoms with Gasteiger partial charge < -0.3 is 9.84 Å². The average molecular weight is 302 g/mol. The molecule has 110 valence electrons. The normalized spacial score (nSPS) is 12.9. The highest BCUT2D eigenvalue weighted by molar-refractivity contribution is 7.89. The first kappa shape index (κ1) is 16.5. The Morgan fingerprint density at radius 2 is 2.25 bits per heavy atom. The maximum Gasteiger partial charge on any atom is 0.240 e. The van der Waals surface area contributed by atoms with Gasteiger partial charge in [-0.1, -0.05) is 0 Å². The van der Waals surface area contributed by atoms with Crippen LogP contribution in [0.1, 0.15) is 12.0 Å². The standard InChI is InChI=1S/C12H15FN2O4S/c1-19-8-10(4-5-16)15-20(17,18)11-2-3-12(13)9(6-11)7-14/h2-3,6,10,15-16H,4-5,8H2,1H3. The first-order chi connectivity index (χ1) is 9.44. The Morgan fingerprint density at radius 1 is 1.55 bits per heavy atom. The van der Waals surface area contributed by atoms with Crippen LogP contribution < -0.4 is 4.72 Å². The number of methoxy groups -OCH3 is 1. The highest BCUT2D eigenvalue weighted by Crippen LogP contribution is 2.15. The molecule has 1 unspecified atom stereocenters. The summed E-state index contributed by atoms with van der Waals surface area (Å²) < 4.78 is 44.5. The number of benzene rings is 1. The zero-order valence-electron chi connectivity index (χ0n) is 10.8. The molecule has 0 aliphatic heterocycles. The minimum Gasteiger partial charge on any atom is -0.396 e. The van der Waals surface area contributed by atoms with Gasteiger partial charge in [-0.05, 0) is 24.6 Å². The zero-order valence-corrected chi connectivity index (χ0v) is 11.7. The van der Waals surface area contributed by atoms with Gasteiger partial charge in [0, 0.05) is 19.8 Å². The molecule has 0 heterocycles. The zero-order chi connectivity index (χ0) is 15.2. The van der Waals surface area contributed by atoms with Crippen molar-refractivity contribution in [2.75, 3.05) is 20.3 Å². The number of ether oxygens (including phenoxy) is 1. The molecule has 1 aromatic rings. The second kappa shape index (κ2) is 7.31.